The lowest BCUT2D eigenvalue weighted by Crippen LogP contribution is -2.27. The summed E-state index contributed by atoms with van der Waals surface area (Å²) in [5.74, 6) is 0.912. The van der Waals surface area contributed by atoms with Gasteiger partial charge in [-0.2, -0.15) is 0 Å². The second-order valence-corrected chi connectivity index (χ2v) is 5.17. The highest BCUT2D eigenvalue weighted by Gasteiger charge is 2.12. The summed E-state index contributed by atoms with van der Waals surface area (Å²) in [6, 6.07) is 0. The largest absolute Gasteiger partial charge is 0.383 e. The average molecular weight is 234 g/mol. The number of ether oxygens (including phenoxy) is 1. The number of hydrogen-bond acceptors (Lipinski definition) is 2. The molecule has 0 bridgehead atoms. The summed E-state index contributed by atoms with van der Waals surface area (Å²) in [6.07, 6.45) is 8.11. The third-order valence-electron chi connectivity index (χ3n) is 3.14. The summed E-state index contributed by atoms with van der Waals surface area (Å²) in [5, 5.41) is 3.67. The van der Waals surface area contributed by atoms with Crippen molar-refractivity contribution < 1.29 is 4.74 Å². The Bertz CT molecular complexity index is 149. The van der Waals surface area contributed by atoms with E-state index in [1.807, 2.05) is 0 Å². The van der Waals surface area contributed by atoms with Crippen LogP contribution in [0.15, 0.2) is 0 Å². The van der Waals surface area contributed by atoms with Crippen molar-refractivity contribution in [3.63, 3.8) is 0 Å². The molecule has 1 N–H and O–H groups in total. The van der Waals surface area contributed by atoms with E-state index in [4.69, 9.17) is 16.3 Å². The molecule has 0 aromatic rings. The number of methoxy groups -OCH3 is 1. The highest BCUT2D eigenvalue weighted by atomic mass is 35.5. The predicted octanol–water partition coefficient (Wildman–Crippen LogP) is 2.80. The van der Waals surface area contributed by atoms with Gasteiger partial charge in [0.2, 0.25) is 0 Å². The number of rotatable bonds is 7. The zero-order chi connectivity index (χ0) is 10.9. The lowest BCUT2D eigenvalue weighted by molar-refractivity contribution is 0.195. The van der Waals surface area contributed by atoms with E-state index in [2.05, 4.69) is 5.32 Å². The Hall–Kier alpha value is 0.210. The molecule has 0 spiro atoms. The maximum Gasteiger partial charge on any atom is 0.0626 e. The second-order valence-electron chi connectivity index (χ2n) is 4.55. The molecule has 1 atom stereocenters. The van der Waals surface area contributed by atoms with Crippen molar-refractivity contribution in [3.05, 3.63) is 0 Å². The molecule has 0 aromatic carbocycles. The first-order valence-corrected chi connectivity index (χ1v) is 6.60. The van der Waals surface area contributed by atoms with Gasteiger partial charge in [0.25, 0.3) is 0 Å². The molecule has 1 rings (SSSR count). The zero-order valence-electron chi connectivity index (χ0n) is 9.80. The molecule has 1 saturated carbocycles. The fraction of sp³-hybridized carbons (Fsp3) is 1.00. The van der Waals surface area contributed by atoms with Gasteiger partial charge in [0.15, 0.2) is 0 Å². The molecule has 0 radical (unpaired) electrons. The molecule has 3 heteroatoms. The normalized spacial score (nSPS) is 20.4. The molecule has 0 saturated heterocycles. The summed E-state index contributed by atoms with van der Waals surface area (Å²) < 4.78 is 4.99. The first-order valence-electron chi connectivity index (χ1n) is 6.16. The molecule has 2 nitrogen and oxygen atoms in total. The quantitative estimate of drug-likeness (QED) is 0.540. The number of halogens is 1. The van der Waals surface area contributed by atoms with Crippen molar-refractivity contribution in [1.29, 1.82) is 0 Å². The summed E-state index contributed by atoms with van der Waals surface area (Å²) in [7, 11) is 1.70. The third kappa shape index (κ3) is 6.39. The maximum atomic E-state index is 6.04. The Kier molecular flexibility index (Phi) is 7.41. The van der Waals surface area contributed by atoms with Crippen LogP contribution < -0.4 is 5.32 Å². The fourth-order valence-corrected chi connectivity index (χ4v) is 2.46. The van der Waals surface area contributed by atoms with E-state index in [0.29, 0.717) is 6.61 Å². The number of hydrogen-bond donors (Lipinski definition) is 1. The summed E-state index contributed by atoms with van der Waals surface area (Å²) in [4.78, 5) is 0. The van der Waals surface area contributed by atoms with E-state index in [9.17, 15) is 0 Å². The molecular formula is C12H24ClNO. The van der Waals surface area contributed by atoms with Gasteiger partial charge >= 0.3 is 0 Å². The molecule has 0 amide bonds. The van der Waals surface area contributed by atoms with Crippen molar-refractivity contribution in [3.8, 4) is 0 Å². The monoisotopic (exact) mass is 233 g/mol. The van der Waals surface area contributed by atoms with Crippen LogP contribution in [0.25, 0.3) is 0 Å². The molecule has 0 heterocycles. The minimum Gasteiger partial charge on any atom is -0.383 e. The van der Waals surface area contributed by atoms with E-state index in [1.54, 1.807) is 7.11 Å². The fourth-order valence-electron chi connectivity index (χ4n) is 2.22. The van der Waals surface area contributed by atoms with Gasteiger partial charge in [0.1, 0.15) is 0 Å². The Morgan fingerprint density at radius 3 is 2.73 bits per heavy atom. The summed E-state index contributed by atoms with van der Waals surface area (Å²) >= 11 is 6.04. The first kappa shape index (κ1) is 13.3. The lowest BCUT2D eigenvalue weighted by atomic mass is 9.89. The minimum absolute atomic E-state index is 0.161. The zero-order valence-corrected chi connectivity index (χ0v) is 10.6. The molecule has 1 unspecified atom stereocenters. The lowest BCUT2D eigenvalue weighted by Gasteiger charge is -2.22. The van der Waals surface area contributed by atoms with Crippen molar-refractivity contribution in [2.24, 2.45) is 5.92 Å². The number of nitrogens with one attached hydrogen (secondary N) is 1. The van der Waals surface area contributed by atoms with Crippen molar-refractivity contribution in [1.82, 2.24) is 5.32 Å². The van der Waals surface area contributed by atoms with Crippen LogP contribution in [0.4, 0.5) is 0 Å². The van der Waals surface area contributed by atoms with Crippen LogP contribution in [0, 0.1) is 5.92 Å². The van der Waals surface area contributed by atoms with Crippen molar-refractivity contribution in [2.45, 2.75) is 43.9 Å². The van der Waals surface area contributed by atoms with E-state index in [1.165, 1.54) is 38.6 Å². The Balaban J connectivity index is 1.91. The Labute approximate surface area is 98.7 Å². The van der Waals surface area contributed by atoms with Crippen LogP contribution in [0.2, 0.25) is 0 Å². The van der Waals surface area contributed by atoms with Crippen LogP contribution in [-0.2, 0) is 4.74 Å². The van der Waals surface area contributed by atoms with E-state index >= 15 is 0 Å². The molecule has 0 aromatic heterocycles. The minimum atomic E-state index is 0.161. The van der Waals surface area contributed by atoms with Crippen LogP contribution in [0.1, 0.15) is 38.5 Å². The van der Waals surface area contributed by atoms with E-state index in [-0.39, 0.29) is 5.38 Å². The standard InChI is InChI=1S/C12H24ClNO/c1-15-10-12(13)7-8-14-9-11-5-3-2-4-6-11/h11-12,14H,2-10H2,1H3. The predicted molar refractivity (Wildman–Crippen MR) is 65.6 cm³/mol. The van der Waals surface area contributed by atoms with Crippen LogP contribution in [0.5, 0.6) is 0 Å². The third-order valence-corrected chi connectivity index (χ3v) is 3.48. The van der Waals surface area contributed by atoms with Crippen LogP contribution in [-0.4, -0.2) is 32.2 Å². The molecule has 1 aliphatic carbocycles. The molecule has 1 fully saturated rings. The highest BCUT2D eigenvalue weighted by molar-refractivity contribution is 6.20. The average Bonchev–Trinajstić information content (AvgIpc) is 2.26. The molecule has 15 heavy (non-hydrogen) atoms. The van der Waals surface area contributed by atoms with Gasteiger partial charge in [-0.1, -0.05) is 19.3 Å². The Morgan fingerprint density at radius 1 is 1.33 bits per heavy atom. The topological polar surface area (TPSA) is 21.3 Å². The van der Waals surface area contributed by atoms with Gasteiger partial charge in [-0.05, 0) is 38.3 Å². The Morgan fingerprint density at radius 2 is 2.07 bits per heavy atom. The van der Waals surface area contributed by atoms with Crippen LogP contribution in [0.3, 0.4) is 0 Å². The summed E-state index contributed by atoms with van der Waals surface area (Å²) in [5.41, 5.74) is 0. The molecule has 90 valence electrons. The van der Waals surface area contributed by atoms with Gasteiger partial charge in [0.05, 0.1) is 12.0 Å². The van der Waals surface area contributed by atoms with E-state index in [0.717, 1.165) is 18.9 Å². The van der Waals surface area contributed by atoms with Crippen molar-refractivity contribution >= 4 is 11.6 Å². The molecular weight excluding hydrogens is 210 g/mol. The van der Waals surface area contributed by atoms with Gasteiger partial charge in [-0.15, -0.1) is 11.6 Å². The first-order chi connectivity index (χ1) is 7.33. The molecule has 1 aliphatic rings. The van der Waals surface area contributed by atoms with Gasteiger partial charge in [-0.3, -0.25) is 0 Å². The number of alkyl halides is 1. The van der Waals surface area contributed by atoms with Crippen molar-refractivity contribution in [2.75, 3.05) is 26.8 Å². The SMILES string of the molecule is COCC(Cl)CCNCC1CCCCC1. The summed E-state index contributed by atoms with van der Waals surface area (Å²) in [6.45, 7) is 2.86. The van der Waals surface area contributed by atoms with Gasteiger partial charge in [0, 0.05) is 7.11 Å². The van der Waals surface area contributed by atoms with Crippen LogP contribution >= 0.6 is 11.6 Å². The maximum absolute atomic E-state index is 6.04. The smallest absolute Gasteiger partial charge is 0.0626 e. The van der Waals surface area contributed by atoms with E-state index < -0.39 is 0 Å². The second kappa shape index (κ2) is 8.37. The highest BCUT2D eigenvalue weighted by Crippen LogP contribution is 2.22. The van der Waals surface area contributed by atoms with Gasteiger partial charge < -0.3 is 10.1 Å². The van der Waals surface area contributed by atoms with Gasteiger partial charge in [-0.25, -0.2) is 0 Å². The molecule has 0 aliphatic heterocycles.